The van der Waals surface area contributed by atoms with E-state index in [9.17, 15) is 14.4 Å². The number of aromatic amines is 1. The van der Waals surface area contributed by atoms with E-state index < -0.39 is 11.6 Å². The molecule has 1 aromatic heterocycles. The summed E-state index contributed by atoms with van der Waals surface area (Å²) in [7, 11) is 0. The van der Waals surface area contributed by atoms with Crippen molar-refractivity contribution in [2.45, 2.75) is 44.6 Å². The van der Waals surface area contributed by atoms with Crippen LogP contribution in [0.1, 0.15) is 53.2 Å². The maximum atomic E-state index is 13.6. The van der Waals surface area contributed by atoms with E-state index in [0.29, 0.717) is 12.0 Å². The van der Waals surface area contributed by atoms with Crippen molar-refractivity contribution in [2.24, 2.45) is 0 Å². The predicted molar refractivity (Wildman–Crippen MR) is 118 cm³/mol. The molecule has 1 spiro atoms. The number of amides is 3. The van der Waals surface area contributed by atoms with Gasteiger partial charge in [-0.15, -0.1) is 0 Å². The molecule has 158 valence electrons. The second-order valence-electron chi connectivity index (χ2n) is 8.41. The number of fused-ring (bicyclic) bond motifs is 3. The lowest BCUT2D eigenvalue weighted by molar-refractivity contribution is -0.131. The van der Waals surface area contributed by atoms with Gasteiger partial charge in [-0.25, -0.2) is 4.79 Å². The van der Waals surface area contributed by atoms with Gasteiger partial charge in [-0.3, -0.25) is 14.5 Å². The van der Waals surface area contributed by atoms with Crippen LogP contribution in [0.15, 0.2) is 48.7 Å². The molecule has 1 saturated heterocycles. The van der Waals surface area contributed by atoms with Crippen LogP contribution in [-0.4, -0.2) is 34.2 Å². The zero-order valence-corrected chi connectivity index (χ0v) is 17.5. The Morgan fingerprint density at radius 2 is 1.94 bits per heavy atom. The van der Waals surface area contributed by atoms with E-state index >= 15 is 0 Å². The minimum Gasteiger partial charge on any atom is -0.360 e. The quantitative estimate of drug-likeness (QED) is 0.497. The minimum absolute atomic E-state index is 0.248. The second-order valence-corrected chi connectivity index (χ2v) is 8.41. The van der Waals surface area contributed by atoms with Crippen LogP contribution in [0.5, 0.6) is 0 Å². The van der Waals surface area contributed by atoms with E-state index in [4.69, 9.17) is 0 Å². The van der Waals surface area contributed by atoms with Gasteiger partial charge in [0.1, 0.15) is 5.54 Å². The van der Waals surface area contributed by atoms with Gasteiger partial charge in [0.2, 0.25) is 0 Å². The number of rotatable bonds is 4. The zero-order valence-electron chi connectivity index (χ0n) is 17.5. The number of urea groups is 1. The summed E-state index contributed by atoms with van der Waals surface area (Å²) in [6.07, 6.45) is 5.77. The number of nitrogens with zero attached hydrogens (tertiary/aromatic N) is 1. The van der Waals surface area contributed by atoms with Gasteiger partial charge >= 0.3 is 6.03 Å². The highest BCUT2D eigenvalue weighted by Gasteiger charge is 2.53. The van der Waals surface area contributed by atoms with Gasteiger partial charge in [0, 0.05) is 22.7 Å². The summed E-state index contributed by atoms with van der Waals surface area (Å²) in [6.45, 7) is 1.80. The van der Waals surface area contributed by atoms with Crippen LogP contribution in [0.3, 0.4) is 0 Å². The number of hydrogen-bond donors (Lipinski definition) is 2. The highest BCUT2D eigenvalue weighted by Crippen LogP contribution is 2.39. The van der Waals surface area contributed by atoms with Crippen LogP contribution in [0, 0.1) is 0 Å². The molecule has 0 saturated carbocycles. The lowest BCUT2D eigenvalue weighted by atomic mass is 9.84. The van der Waals surface area contributed by atoms with Crippen LogP contribution >= 0.6 is 0 Å². The van der Waals surface area contributed by atoms with E-state index in [1.807, 2.05) is 42.5 Å². The highest BCUT2D eigenvalue weighted by atomic mass is 16.2. The van der Waals surface area contributed by atoms with Crippen LogP contribution in [0.4, 0.5) is 4.79 Å². The smallest absolute Gasteiger partial charge is 0.325 e. The Bertz CT molecular complexity index is 1210. The maximum absolute atomic E-state index is 13.6. The third kappa shape index (κ3) is 2.97. The monoisotopic (exact) mass is 415 g/mol. The molecule has 3 amide bonds. The van der Waals surface area contributed by atoms with E-state index in [0.717, 1.165) is 58.2 Å². The molecular weight excluding hydrogens is 390 g/mol. The molecule has 0 radical (unpaired) electrons. The third-order valence-corrected chi connectivity index (χ3v) is 6.69. The van der Waals surface area contributed by atoms with E-state index in [1.165, 1.54) is 0 Å². The fraction of sp³-hybridized carbons (Fsp3) is 0.320. The molecule has 1 fully saturated rings. The van der Waals surface area contributed by atoms with E-state index in [1.54, 1.807) is 6.20 Å². The van der Waals surface area contributed by atoms with Gasteiger partial charge < -0.3 is 10.3 Å². The summed E-state index contributed by atoms with van der Waals surface area (Å²) in [4.78, 5) is 43.9. The molecule has 0 bridgehead atoms. The van der Waals surface area contributed by atoms with Crippen molar-refractivity contribution in [2.75, 3.05) is 6.54 Å². The Morgan fingerprint density at radius 1 is 1.10 bits per heavy atom. The summed E-state index contributed by atoms with van der Waals surface area (Å²) >= 11 is 0. The first-order valence-corrected chi connectivity index (χ1v) is 10.9. The molecule has 2 aliphatic rings. The molecule has 2 aromatic carbocycles. The Labute approximate surface area is 180 Å². The molecule has 6 heteroatoms. The molecule has 31 heavy (non-hydrogen) atoms. The fourth-order valence-electron chi connectivity index (χ4n) is 5.09. The molecule has 1 aliphatic carbocycles. The van der Waals surface area contributed by atoms with Crippen molar-refractivity contribution in [1.82, 2.24) is 15.2 Å². The van der Waals surface area contributed by atoms with Gasteiger partial charge in [-0.1, -0.05) is 49.4 Å². The van der Waals surface area contributed by atoms with Crippen molar-refractivity contribution in [1.29, 1.82) is 0 Å². The molecule has 1 unspecified atom stereocenters. The lowest BCUT2D eigenvalue weighted by Gasteiger charge is -2.27. The van der Waals surface area contributed by atoms with Gasteiger partial charge in [-0.05, 0) is 48.8 Å². The molecule has 1 atom stereocenters. The largest absolute Gasteiger partial charge is 0.360 e. The number of aromatic nitrogens is 1. The predicted octanol–water partition coefficient (Wildman–Crippen LogP) is 4.09. The zero-order chi connectivity index (χ0) is 21.6. The Hall–Kier alpha value is -3.41. The average Bonchev–Trinajstić information content (AvgIpc) is 3.25. The first kappa shape index (κ1) is 19.5. The highest BCUT2D eigenvalue weighted by molar-refractivity contribution is 6.14. The maximum Gasteiger partial charge on any atom is 0.325 e. The third-order valence-electron chi connectivity index (χ3n) is 6.69. The summed E-state index contributed by atoms with van der Waals surface area (Å²) < 4.78 is 0. The Balaban J connectivity index is 1.47. The van der Waals surface area contributed by atoms with E-state index in [2.05, 4.69) is 17.2 Å². The van der Waals surface area contributed by atoms with Crippen molar-refractivity contribution >= 4 is 28.6 Å². The summed E-state index contributed by atoms with van der Waals surface area (Å²) in [5.74, 6) is -0.573. The van der Waals surface area contributed by atoms with Crippen molar-refractivity contribution in [3.05, 3.63) is 70.9 Å². The number of carbonyl (C=O) groups is 3. The average molecular weight is 415 g/mol. The number of carbonyl (C=O) groups excluding carboxylic acids is 3. The second kappa shape index (κ2) is 7.38. The number of H-pyrrole nitrogens is 1. The van der Waals surface area contributed by atoms with E-state index in [-0.39, 0.29) is 18.2 Å². The molecule has 2 heterocycles. The van der Waals surface area contributed by atoms with Gasteiger partial charge in [0.05, 0.1) is 6.54 Å². The molecule has 6 nitrogen and oxygen atoms in total. The molecule has 5 rings (SSSR count). The number of ketones is 1. The normalized spacial score (nSPS) is 20.7. The lowest BCUT2D eigenvalue weighted by Crippen LogP contribution is -2.44. The minimum atomic E-state index is -1.07. The van der Waals surface area contributed by atoms with Crippen molar-refractivity contribution in [3.63, 3.8) is 0 Å². The van der Waals surface area contributed by atoms with Gasteiger partial charge in [0.15, 0.2) is 5.78 Å². The molecule has 2 N–H and O–H groups in total. The molecular formula is C25H25N3O3. The molecule has 1 aliphatic heterocycles. The van der Waals surface area contributed by atoms with Crippen molar-refractivity contribution < 1.29 is 14.4 Å². The van der Waals surface area contributed by atoms with Crippen LogP contribution < -0.4 is 5.32 Å². The van der Waals surface area contributed by atoms with Gasteiger partial charge in [0.25, 0.3) is 5.91 Å². The molecule has 3 aromatic rings. The topological polar surface area (TPSA) is 82.3 Å². The number of para-hydroxylation sites is 1. The number of nitrogens with one attached hydrogen (secondary N) is 2. The summed E-state index contributed by atoms with van der Waals surface area (Å²) in [5.41, 5.74) is 3.44. The first-order valence-electron chi connectivity index (χ1n) is 10.9. The number of benzene rings is 2. The van der Waals surface area contributed by atoms with Crippen molar-refractivity contribution in [3.8, 4) is 0 Å². The van der Waals surface area contributed by atoms with Crippen LogP contribution in [0.25, 0.3) is 10.9 Å². The van der Waals surface area contributed by atoms with Gasteiger partial charge in [-0.2, -0.15) is 0 Å². The van der Waals surface area contributed by atoms with Crippen LogP contribution in [0.2, 0.25) is 0 Å². The van der Waals surface area contributed by atoms with Crippen LogP contribution in [-0.2, 0) is 23.2 Å². The SMILES string of the molecule is CCc1cccc2c(C(=O)CN3C(=O)NC4(CCCCc5ccccc54)C3=O)c[nH]c12. The summed E-state index contributed by atoms with van der Waals surface area (Å²) in [6, 6.07) is 13.2. The number of hydrogen-bond acceptors (Lipinski definition) is 3. The standard InChI is InChI=1S/C25H25N3O3/c1-2-16-10-7-11-18-19(14-26-22(16)18)21(29)15-28-23(30)25(27-24(28)31)13-6-5-9-17-8-3-4-12-20(17)25/h3-4,7-8,10-12,14,26H,2,5-6,9,13,15H2,1H3,(H,27,31). The fourth-order valence-corrected chi connectivity index (χ4v) is 5.09. The Morgan fingerprint density at radius 3 is 2.77 bits per heavy atom. The number of Topliss-reactive ketones (excluding diaryl/α,β-unsaturated/α-hetero) is 1. The number of aryl methyl sites for hydroxylation is 2. The number of imide groups is 1. The summed E-state index contributed by atoms with van der Waals surface area (Å²) in [5, 5.41) is 3.77. The first-order chi connectivity index (χ1) is 15.0. The Kier molecular flexibility index (Phi) is 4.65.